The number of rotatable bonds is 6. The van der Waals surface area contributed by atoms with Crippen LogP contribution in [0.3, 0.4) is 0 Å². The molecule has 8 nitrogen and oxygen atoms in total. The molecule has 3 heterocycles. The first-order chi connectivity index (χ1) is 13.3. The van der Waals surface area contributed by atoms with E-state index in [2.05, 4.69) is 46.8 Å². The lowest BCUT2D eigenvalue weighted by Crippen LogP contribution is -2.31. The van der Waals surface area contributed by atoms with Crippen LogP contribution in [-0.4, -0.2) is 39.8 Å². The van der Waals surface area contributed by atoms with Gasteiger partial charge in [-0.15, -0.1) is 0 Å². The number of nitrogens with two attached hydrogens (primary N) is 1. The van der Waals surface area contributed by atoms with E-state index in [9.17, 15) is 9.59 Å². The number of hydrogen-bond acceptors (Lipinski definition) is 8. The zero-order valence-corrected chi connectivity index (χ0v) is 17.2. The average Bonchev–Trinajstić information content (AvgIpc) is 3.27. The predicted molar refractivity (Wildman–Crippen MR) is 110 cm³/mol. The van der Waals surface area contributed by atoms with E-state index in [0.717, 1.165) is 10.7 Å². The van der Waals surface area contributed by atoms with Gasteiger partial charge in [-0.3, -0.25) is 14.5 Å². The van der Waals surface area contributed by atoms with E-state index >= 15 is 0 Å². The lowest BCUT2D eigenvalue weighted by Gasteiger charge is -2.20. The van der Waals surface area contributed by atoms with E-state index < -0.39 is 0 Å². The molecule has 0 aromatic carbocycles. The summed E-state index contributed by atoms with van der Waals surface area (Å²) in [6.45, 7) is 7.39. The van der Waals surface area contributed by atoms with Crippen molar-refractivity contribution in [2.75, 3.05) is 18.4 Å². The monoisotopic (exact) mass is 402 g/mol. The van der Waals surface area contributed by atoms with Gasteiger partial charge in [-0.2, -0.15) is 0 Å². The second-order valence-electron chi connectivity index (χ2n) is 7.75. The van der Waals surface area contributed by atoms with E-state index in [1.165, 1.54) is 4.90 Å². The standard InChI is InChI=1S/C19H26N6O2S/c1-19(2,3)13-11-28-17(24-13)16(20)12-7-9-22-18(23-12)21-8-4-10-25-14(26)5-6-15(25)27/h7,9,11,24H,4-6,8,10,20H2,1-3H3,(H,21,22,23)/b17-16+. The van der Waals surface area contributed by atoms with Crippen LogP contribution in [0.15, 0.2) is 28.4 Å². The third-order valence-electron chi connectivity index (χ3n) is 4.52. The third kappa shape index (κ3) is 4.64. The lowest BCUT2D eigenvalue weighted by atomic mass is 9.93. The summed E-state index contributed by atoms with van der Waals surface area (Å²) >= 11 is 1.55. The maximum Gasteiger partial charge on any atom is 0.229 e. The normalized spacial score (nSPS) is 19.0. The van der Waals surface area contributed by atoms with Crippen LogP contribution in [0.4, 0.5) is 5.95 Å². The fraction of sp³-hybridized carbons (Fsp3) is 0.474. The fourth-order valence-electron chi connectivity index (χ4n) is 2.81. The highest BCUT2D eigenvalue weighted by atomic mass is 32.2. The van der Waals surface area contributed by atoms with Crippen molar-refractivity contribution >= 4 is 35.2 Å². The van der Waals surface area contributed by atoms with E-state index in [0.29, 0.717) is 49.7 Å². The van der Waals surface area contributed by atoms with Gasteiger partial charge in [0.1, 0.15) is 5.03 Å². The van der Waals surface area contributed by atoms with Gasteiger partial charge in [0, 0.05) is 43.2 Å². The van der Waals surface area contributed by atoms with Crippen LogP contribution in [0.25, 0.3) is 5.70 Å². The molecular formula is C19H26N6O2S. The Hall–Kier alpha value is -2.55. The number of imide groups is 1. The Morgan fingerprint density at radius 2 is 2.04 bits per heavy atom. The number of carbonyl (C=O) groups is 2. The predicted octanol–water partition coefficient (Wildman–Crippen LogP) is 2.24. The molecule has 0 saturated carbocycles. The number of aromatic nitrogens is 2. The van der Waals surface area contributed by atoms with Gasteiger partial charge < -0.3 is 16.4 Å². The lowest BCUT2D eigenvalue weighted by molar-refractivity contribution is -0.138. The number of nitrogens with zero attached hydrogens (tertiary/aromatic N) is 3. The number of nitrogens with one attached hydrogen (secondary N) is 2. The summed E-state index contributed by atoms with van der Waals surface area (Å²) in [5.74, 6) is 0.284. The molecule has 1 fully saturated rings. The second kappa shape index (κ2) is 8.22. The molecular weight excluding hydrogens is 376 g/mol. The Labute approximate surface area is 169 Å². The van der Waals surface area contributed by atoms with Gasteiger partial charge in [0.15, 0.2) is 0 Å². The number of hydrogen-bond donors (Lipinski definition) is 3. The van der Waals surface area contributed by atoms with Crippen LogP contribution < -0.4 is 16.4 Å². The molecule has 4 N–H and O–H groups in total. The molecule has 0 aliphatic carbocycles. The molecule has 2 amide bonds. The topological polar surface area (TPSA) is 113 Å². The molecule has 2 aliphatic rings. The Bertz CT molecular complexity index is 827. The summed E-state index contributed by atoms with van der Waals surface area (Å²) in [6.07, 6.45) is 2.94. The second-order valence-corrected chi connectivity index (χ2v) is 8.63. The van der Waals surface area contributed by atoms with Gasteiger partial charge in [-0.25, -0.2) is 9.97 Å². The first-order valence-corrected chi connectivity index (χ1v) is 10.2. The summed E-state index contributed by atoms with van der Waals surface area (Å²) in [5, 5.41) is 9.43. The highest BCUT2D eigenvalue weighted by Gasteiger charge is 2.28. The Balaban J connectivity index is 1.56. The molecule has 0 radical (unpaired) electrons. The van der Waals surface area contributed by atoms with Crippen LogP contribution in [0, 0.1) is 5.41 Å². The van der Waals surface area contributed by atoms with Gasteiger partial charge in [-0.1, -0.05) is 32.5 Å². The summed E-state index contributed by atoms with van der Waals surface area (Å²) in [4.78, 5) is 33.2. The van der Waals surface area contributed by atoms with Gasteiger partial charge >= 0.3 is 0 Å². The Morgan fingerprint density at radius 3 is 2.68 bits per heavy atom. The number of anilines is 1. The zero-order valence-electron chi connectivity index (χ0n) is 16.4. The van der Waals surface area contributed by atoms with Crippen molar-refractivity contribution in [3.05, 3.63) is 34.1 Å². The largest absolute Gasteiger partial charge is 0.395 e. The van der Waals surface area contributed by atoms with Gasteiger partial charge in [-0.05, 0) is 17.9 Å². The average molecular weight is 403 g/mol. The molecule has 28 heavy (non-hydrogen) atoms. The van der Waals surface area contributed by atoms with Crippen molar-refractivity contribution in [1.29, 1.82) is 0 Å². The molecule has 1 aromatic rings. The first kappa shape index (κ1) is 20.2. The van der Waals surface area contributed by atoms with Crippen LogP contribution in [0.1, 0.15) is 45.7 Å². The summed E-state index contributed by atoms with van der Waals surface area (Å²) in [6, 6.07) is 1.77. The maximum atomic E-state index is 11.6. The minimum absolute atomic E-state index is 0.0194. The highest BCUT2D eigenvalue weighted by Crippen LogP contribution is 2.36. The number of thioether (sulfide) groups is 1. The van der Waals surface area contributed by atoms with Crippen molar-refractivity contribution in [3.63, 3.8) is 0 Å². The molecule has 3 rings (SSSR count). The molecule has 1 aromatic heterocycles. The molecule has 150 valence electrons. The van der Waals surface area contributed by atoms with Crippen LogP contribution in [0.2, 0.25) is 0 Å². The van der Waals surface area contributed by atoms with Gasteiger partial charge in [0.25, 0.3) is 0 Å². The molecule has 0 atom stereocenters. The quantitative estimate of drug-likeness (QED) is 0.490. The maximum absolute atomic E-state index is 11.6. The molecule has 1 saturated heterocycles. The molecule has 0 unspecified atom stereocenters. The van der Waals surface area contributed by atoms with E-state index in [1.807, 2.05) is 0 Å². The van der Waals surface area contributed by atoms with Crippen LogP contribution in [0.5, 0.6) is 0 Å². The summed E-state index contributed by atoms with van der Waals surface area (Å²) in [5.41, 5.74) is 8.65. The van der Waals surface area contributed by atoms with Crippen molar-refractivity contribution in [2.45, 2.75) is 40.0 Å². The van der Waals surface area contributed by atoms with E-state index in [1.54, 1.807) is 24.0 Å². The highest BCUT2D eigenvalue weighted by molar-refractivity contribution is 8.06. The van der Waals surface area contributed by atoms with Gasteiger partial charge in [0.2, 0.25) is 17.8 Å². The Morgan fingerprint density at radius 1 is 1.32 bits per heavy atom. The third-order valence-corrected chi connectivity index (χ3v) is 5.43. The number of carbonyl (C=O) groups excluding carboxylic acids is 2. The van der Waals surface area contributed by atoms with Crippen LogP contribution >= 0.6 is 11.8 Å². The Kier molecular flexibility index (Phi) is 5.93. The minimum Gasteiger partial charge on any atom is -0.395 e. The van der Waals surface area contributed by atoms with E-state index in [4.69, 9.17) is 5.73 Å². The number of likely N-dealkylation sites (tertiary alicyclic amines) is 1. The molecule has 0 spiro atoms. The number of allylic oxidation sites excluding steroid dienone is 1. The molecule has 2 aliphatic heterocycles. The first-order valence-electron chi connectivity index (χ1n) is 9.30. The van der Waals surface area contributed by atoms with Crippen molar-refractivity contribution < 1.29 is 9.59 Å². The minimum atomic E-state index is -0.0903. The molecule has 0 bridgehead atoms. The molecule has 9 heteroatoms. The van der Waals surface area contributed by atoms with Gasteiger partial charge in [0.05, 0.1) is 11.4 Å². The zero-order chi connectivity index (χ0) is 20.3. The van der Waals surface area contributed by atoms with Crippen molar-refractivity contribution in [1.82, 2.24) is 20.2 Å². The summed E-state index contributed by atoms with van der Waals surface area (Å²) in [7, 11) is 0. The van der Waals surface area contributed by atoms with Crippen LogP contribution in [-0.2, 0) is 9.59 Å². The number of amides is 2. The smallest absolute Gasteiger partial charge is 0.229 e. The van der Waals surface area contributed by atoms with E-state index in [-0.39, 0.29) is 17.2 Å². The SMILES string of the molecule is CC(C)(C)C1=CS/C(=C(/N)c2ccnc(NCCCN3C(=O)CCC3=O)n2)N1. The van der Waals surface area contributed by atoms with Crippen molar-refractivity contribution in [2.24, 2.45) is 11.1 Å². The fourth-order valence-corrected chi connectivity index (χ4v) is 3.86. The summed E-state index contributed by atoms with van der Waals surface area (Å²) < 4.78 is 0. The van der Waals surface area contributed by atoms with Crippen molar-refractivity contribution in [3.8, 4) is 0 Å².